The van der Waals surface area contributed by atoms with Crippen LogP contribution in [0.2, 0.25) is 0 Å². The molecule has 0 spiro atoms. The van der Waals surface area contributed by atoms with Crippen molar-refractivity contribution < 1.29 is 24.5 Å². The Kier molecular flexibility index (Phi) is 56.5. The average Bonchev–Trinajstić information content (AvgIpc) is 3.33. The molecular formula is C61H121NO5. The summed E-state index contributed by atoms with van der Waals surface area (Å²) in [6.45, 7) is 4.97. The van der Waals surface area contributed by atoms with Gasteiger partial charge in [-0.25, -0.2) is 0 Å². The number of carbonyl (C=O) groups is 2. The Labute approximate surface area is 419 Å². The quantitative estimate of drug-likeness (QED) is 0.0417. The van der Waals surface area contributed by atoms with E-state index in [1.54, 1.807) is 0 Å². The van der Waals surface area contributed by atoms with Crippen molar-refractivity contribution in [3.63, 3.8) is 0 Å². The zero-order chi connectivity index (χ0) is 48.6. The topological polar surface area (TPSA) is 95.9 Å². The van der Waals surface area contributed by atoms with E-state index in [9.17, 15) is 19.8 Å². The van der Waals surface area contributed by atoms with Gasteiger partial charge in [0.25, 0.3) is 0 Å². The van der Waals surface area contributed by atoms with Crippen LogP contribution in [0.15, 0.2) is 0 Å². The molecule has 0 fully saturated rings. The van der Waals surface area contributed by atoms with Crippen LogP contribution in [-0.2, 0) is 14.3 Å². The van der Waals surface area contributed by atoms with Gasteiger partial charge in [-0.1, -0.05) is 316 Å². The van der Waals surface area contributed by atoms with E-state index >= 15 is 0 Å². The number of unbranched alkanes of at least 4 members (excludes halogenated alkanes) is 47. The molecule has 400 valence electrons. The standard InChI is InChI=1S/C61H121NO5/c1-3-5-7-9-11-13-15-31-35-39-43-47-51-55-61(66)67-56-52-48-44-40-36-33-30-28-26-24-22-20-18-16-17-19-21-23-25-27-29-32-34-38-42-46-50-54-60(65)62-58(57-63)59(64)53-49-45-41-37-14-12-10-8-6-4-2/h58-59,63-64H,3-57H2,1-2H3,(H,62,65). The molecule has 0 aliphatic carbocycles. The normalized spacial score (nSPS) is 12.5. The molecule has 1 amide bonds. The Morgan fingerprint density at radius 1 is 0.358 bits per heavy atom. The van der Waals surface area contributed by atoms with E-state index in [0.717, 1.165) is 38.5 Å². The molecule has 0 aliphatic rings. The molecule has 2 atom stereocenters. The van der Waals surface area contributed by atoms with Crippen molar-refractivity contribution in [1.29, 1.82) is 0 Å². The Hall–Kier alpha value is -1.14. The minimum absolute atomic E-state index is 0.0203. The number of nitrogens with one attached hydrogen (secondary N) is 1. The highest BCUT2D eigenvalue weighted by Crippen LogP contribution is 2.18. The molecule has 0 saturated heterocycles. The molecule has 0 aromatic heterocycles. The maximum absolute atomic E-state index is 12.4. The Balaban J connectivity index is 3.30. The van der Waals surface area contributed by atoms with Crippen LogP contribution in [0.25, 0.3) is 0 Å². The van der Waals surface area contributed by atoms with Crippen LogP contribution in [0.4, 0.5) is 0 Å². The first-order valence-electron chi connectivity index (χ1n) is 30.8. The summed E-state index contributed by atoms with van der Waals surface area (Å²) in [7, 11) is 0. The second-order valence-electron chi connectivity index (χ2n) is 21.4. The Morgan fingerprint density at radius 3 is 0.910 bits per heavy atom. The van der Waals surface area contributed by atoms with Crippen LogP contribution in [0.3, 0.4) is 0 Å². The number of carbonyl (C=O) groups excluding carboxylic acids is 2. The molecule has 0 radical (unpaired) electrons. The maximum atomic E-state index is 12.4. The summed E-state index contributed by atoms with van der Waals surface area (Å²) in [5.74, 6) is -0.0117. The van der Waals surface area contributed by atoms with Crippen molar-refractivity contribution >= 4 is 11.9 Å². The molecule has 6 nitrogen and oxygen atoms in total. The lowest BCUT2D eigenvalue weighted by atomic mass is 10.0. The molecule has 0 rings (SSSR count). The first kappa shape index (κ1) is 65.9. The third-order valence-corrected chi connectivity index (χ3v) is 14.7. The highest BCUT2D eigenvalue weighted by Gasteiger charge is 2.20. The predicted molar refractivity (Wildman–Crippen MR) is 292 cm³/mol. The van der Waals surface area contributed by atoms with Crippen molar-refractivity contribution in [2.75, 3.05) is 13.2 Å². The van der Waals surface area contributed by atoms with E-state index < -0.39 is 12.1 Å². The van der Waals surface area contributed by atoms with Gasteiger partial charge < -0.3 is 20.3 Å². The Morgan fingerprint density at radius 2 is 0.612 bits per heavy atom. The van der Waals surface area contributed by atoms with Gasteiger partial charge in [-0.3, -0.25) is 9.59 Å². The van der Waals surface area contributed by atoms with Gasteiger partial charge in [-0.05, 0) is 25.7 Å². The van der Waals surface area contributed by atoms with E-state index in [1.165, 1.54) is 283 Å². The number of esters is 1. The highest BCUT2D eigenvalue weighted by molar-refractivity contribution is 5.76. The van der Waals surface area contributed by atoms with Crippen LogP contribution in [0.1, 0.15) is 354 Å². The van der Waals surface area contributed by atoms with Crippen molar-refractivity contribution in [3.05, 3.63) is 0 Å². The number of rotatable bonds is 58. The number of hydrogen-bond acceptors (Lipinski definition) is 5. The second kappa shape index (κ2) is 57.4. The average molecular weight is 949 g/mol. The summed E-state index contributed by atoms with van der Waals surface area (Å²) in [5.41, 5.74) is 0. The minimum Gasteiger partial charge on any atom is -0.466 e. The summed E-state index contributed by atoms with van der Waals surface area (Å²) in [4.78, 5) is 24.5. The SMILES string of the molecule is CCCCCCCCCCCCCCCC(=O)OCCCCCCCCCCCCCCCCCCCCCCCCCCCCCC(=O)NC(CO)C(O)CCCCCCCCCCCC. The largest absolute Gasteiger partial charge is 0.466 e. The van der Waals surface area contributed by atoms with Crippen LogP contribution in [0.5, 0.6) is 0 Å². The fourth-order valence-electron chi connectivity index (χ4n) is 9.94. The summed E-state index contributed by atoms with van der Waals surface area (Å²) in [6, 6.07) is -0.536. The minimum atomic E-state index is -0.659. The summed E-state index contributed by atoms with van der Waals surface area (Å²) in [5, 5.41) is 23.2. The second-order valence-corrected chi connectivity index (χ2v) is 21.4. The lowest BCUT2D eigenvalue weighted by molar-refractivity contribution is -0.143. The van der Waals surface area contributed by atoms with E-state index in [4.69, 9.17) is 4.74 Å². The summed E-state index contributed by atoms with van der Waals surface area (Å²) in [6.07, 6.45) is 67.0. The van der Waals surface area contributed by atoms with Crippen molar-refractivity contribution in [2.45, 2.75) is 366 Å². The van der Waals surface area contributed by atoms with Crippen LogP contribution >= 0.6 is 0 Å². The van der Waals surface area contributed by atoms with Crippen LogP contribution < -0.4 is 5.32 Å². The Bertz CT molecular complexity index is 959. The number of hydrogen-bond donors (Lipinski definition) is 3. The van der Waals surface area contributed by atoms with E-state index in [2.05, 4.69) is 19.2 Å². The zero-order valence-electron chi connectivity index (χ0n) is 45.7. The van der Waals surface area contributed by atoms with Gasteiger partial charge >= 0.3 is 5.97 Å². The summed E-state index contributed by atoms with van der Waals surface area (Å²) < 4.78 is 5.48. The molecule has 0 saturated carbocycles. The lowest BCUT2D eigenvalue weighted by Crippen LogP contribution is -2.45. The molecule has 0 aromatic rings. The third-order valence-electron chi connectivity index (χ3n) is 14.7. The number of amides is 1. The van der Waals surface area contributed by atoms with Crippen molar-refractivity contribution in [2.24, 2.45) is 0 Å². The van der Waals surface area contributed by atoms with E-state index in [0.29, 0.717) is 25.9 Å². The van der Waals surface area contributed by atoms with Crippen LogP contribution in [0, 0.1) is 0 Å². The number of ether oxygens (including phenoxy) is 1. The van der Waals surface area contributed by atoms with Crippen LogP contribution in [-0.4, -0.2) is 47.4 Å². The smallest absolute Gasteiger partial charge is 0.305 e. The molecule has 67 heavy (non-hydrogen) atoms. The van der Waals surface area contributed by atoms with Gasteiger partial charge in [0.2, 0.25) is 5.91 Å². The predicted octanol–water partition coefficient (Wildman–Crippen LogP) is 19.1. The van der Waals surface area contributed by atoms with E-state index in [1.807, 2.05) is 0 Å². The lowest BCUT2D eigenvalue weighted by Gasteiger charge is -2.22. The first-order chi connectivity index (χ1) is 33.0. The van der Waals surface area contributed by atoms with Gasteiger partial charge in [0.05, 0.1) is 25.4 Å². The third kappa shape index (κ3) is 54.0. The molecular weight excluding hydrogens is 827 g/mol. The van der Waals surface area contributed by atoms with Gasteiger partial charge in [0.15, 0.2) is 0 Å². The van der Waals surface area contributed by atoms with Gasteiger partial charge in [0, 0.05) is 12.8 Å². The number of aliphatic hydroxyl groups excluding tert-OH is 2. The van der Waals surface area contributed by atoms with Crippen molar-refractivity contribution in [1.82, 2.24) is 5.32 Å². The molecule has 2 unspecified atom stereocenters. The summed E-state index contributed by atoms with van der Waals surface area (Å²) >= 11 is 0. The monoisotopic (exact) mass is 948 g/mol. The molecule has 0 heterocycles. The molecule has 6 heteroatoms. The molecule has 3 N–H and O–H groups in total. The van der Waals surface area contributed by atoms with Gasteiger partial charge in [0.1, 0.15) is 0 Å². The fraction of sp³-hybridized carbons (Fsp3) is 0.967. The first-order valence-corrected chi connectivity index (χ1v) is 30.8. The molecule has 0 bridgehead atoms. The van der Waals surface area contributed by atoms with E-state index in [-0.39, 0.29) is 18.5 Å². The van der Waals surface area contributed by atoms with Crippen molar-refractivity contribution in [3.8, 4) is 0 Å². The van der Waals surface area contributed by atoms with Gasteiger partial charge in [-0.15, -0.1) is 0 Å². The highest BCUT2D eigenvalue weighted by atomic mass is 16.5. The molecule has 0 aliphatic heterocycles. The fourth-order valence-corrected chi connectivity index (χ4v) is 9.94. The molecule has 0 aromatic carbocycles. The van der Waals surface area contributed by atoms with Gasteiger partial charge in [-0.2, -0.15) is 0 Å². The zero-order valence-corrected chi connectivity index (χ0v) is 45.7. The maximum Gasteiger partial charge on any atom is 0.305 e. The number of aliphatic hydroxyl groups is 2.